The van der Waals surface area contributed by atoms with E-state index < -0.39 is 41.1 Å². The van der Waals surface area contributed by atoms with E-state index in [1.807, 2.05) is 6.07 Å². The Kier molecular flexibility index (Phi) is 6.88. The van der Waals surface area contributed by atoms with Crippen LogP contribution in [0.1, 0.15) is 73.7 Å². The van der Waals surface area contributed by atoms with E-state index in [0.29, 0.717) is 12.8 Å². The highest BCUT2D eigenvalue weighted by Gasteiger charge is 2.54. The Balaban J connectivity index is 1.34. The number of fused-ring (bicyclic) bond motifs is 2. The summed E-state index contributed by atoms with van der Waals surface area (Å²) in [6.45, 7) is 0. The van der Waals surface area contributed by atoms with Crippen LogP contribution >= 0.6 is 0 Å². The fourth-order valence-electron chi connectivity index (χ4n) is 6.47. The Morgan fingerprint density at radius 3 is 2.33 bits per heavy atom. The minimum atomic E-state index is -2.29. The van der Waals surface area contributed by atoms with Gasteiger partial charge >= 0.3 is 5.97 Å². The highest BCUT2D eigenvalue weighted by Crippen LogP contribution is 2.49. The van der Waals surface area contributed by atoms with Gasteiger partial charge in [-0.1, -0.05) is 0 Å². The highest BCUT2D eigenvalue weighted by molar-refractivity contribution is 5.98. The van der Waals surface area contributed by atoms with Crippen LogP contribution in [0.4, 0.5) is 4.39 Å². The zero-order valence-electron chi connectivity index (χ0n) is 21.7. The predicted molar refractivity (Wildman–Crippen MR) is 133 cm³/mol. The minimum Gasteiger partial charge on any atom is -0.496 e. The lowest BCUT2D eigenvalue weighted by molar-refractivity contribution is -0.154. The number of carboxylic acids is 1. The molecule has 0 saturated heterocycles. The van der Waals surface area contributed by atoms with E-state index in [0.717, 1.165) is 19.3 Å². The molecule has 0 radical (unpaired) electrons. The number of rotatable bonds is 8. The van der Waals surface area contributed by atoms with Crippen molar-refractivity contribution in [1.29, 1.82) is 10.5 Å². The Hall–Kier alpha value is -3.86. The minimum absolute atomic E-state index is 0.127. The number of benzene rings is 1. The maximum Gasteiger partial charge on any atom is 0.341 e. The zero-order valence-corrected chi connectivity index (χ0v) is 21.7. The van der Waals surface area contributed by atoms with Gasteiger partial charge in [0.15, 0.2) is 0 Å². The van der Waals surface area contributed by atoms with Crippen molar-refractivity contribution in [2.24, 2.45) is 17.8 Å². The van der Waals surface area contributed by atoms with Gasteiger partial charge in [0.2, 0.25) is 11.6 Å². The summed E-state index contributed by atoms with van der Waals surface area (Å²) >= 11 is 0. The first kappa shape index (κ1) is 26.7. The summed E-state index contributed by atoms with van der Waals surface area (Å²) in [6, 6.07) is 6.62. The number of nitrogens with one attached hydrogen (secondary N) is 2. The van der Waals surface area contributed by atoms with Crippen molar-refractivity contribution in [3.63, 3.8) is 0 Å². The van der Waals surface area contributed by atoms with E-state index in [1.54, 1.807) is 0 Å². The van der Waals surface area contributed by atoms with E-state index in [-0.39, 0.29) is 66.1 Å². The van der Waals surface area contributed by atoms with Gasteiger partial charge in [-0.3, -0.25) is 9.59 Å². The maximum absolute atomic E-state index is 14.5. The number of hydrogen-bond donors (Lipinski definition) is 3. The number of aliphatic carboxylic acids is 1. The van der Waals surface area contributed by atoms with Gasteiger partial charge in [-0.15, -0.1) is 0 Å². The van der Waals surface area contributed by atoms with Gasteiger partial charge in [0.05, 0.1) is 36.3 Å². The lowest BCUT2D eigenvalue weighted by Crippen LogP contribution is -2.52. The molecule has 1 aromatic carbocycles. The molecule has 11 heteroatoms. The van der Waals surface area contributed by atoms with Crippen LogP contribution in [0.25, 0.3) is 0 Å². The van der Waals surface area contributed by atoms with Gasteiger partial charge in [0, 0.05) is 12.1 Å². The predicted octanol–water partition coefficient (Wildman–Crippen LogP) is 3.00. The van der Waals surface area contributed by atoms with Crippen molar-refractivity contribution >= 4 is 17.8 Å². The van der Waals surface area contributed by atoms with E-state index in [1.165, 1.54) is 19.2 Å². The summed E-state index contributed by atoms with van der Waals surface area (Å²) in [5, 5.41) is 34.1. The SMILES string of the molecule is COc1cc(C#N)c(OC2CCC(F)(C(=O)O)CC2)cc1C(=O)N[C@@H]1[C@H]2CC[C@H](C2)[C@@H]1C(=O)NC1(C#N)CC1. The van der Waals surface area contributed by atoms with Gasteiger partial charge in [-0.2, -0.15) is 10.5 Å². The molecule has 5 rings (SSSR count). The van der Waals surface area contributed by atoms with E-state index in [2.05, 4.69) is 16.7 Å². The van der Waals surface area contributed by atoms with Crippen molar-refractivity contribution in [3.05, 3.63) is 23.3 Å². The van der Waals surface area contributed by atoms with Crippen molar-refractivity contribution < 1.29 is 33.4 Å². The number of hydrogen-bond acceptors (Lipinski definition) is 7. The molecular weight excluding hydrogens is 507 g/mol. The average molecular weight is 539 g/mol. The van der Waals surface area contributed by atoms with E-state index in [9.17, 15) is 29.3 Å². The number of nitriles is 2. The van der Waals surface area contributed by atoms with Crippen molar-refractivity contribution in [2.45, 2.75) is 81.1 Å². The van der Waals surface area contributed by atoms with Crippen LogP contribution in [-0.2, 0) is 9.59 Å². The molecule has 2 amide bonds. The van der Waals surface area contributed by atoms with Gasteiger partial charge in [-0.05, 0) is 75.7 Å². The Morgan fingerprint density at radius 1 is 1.05 bits per heavy atom. The van der Waals surface area contributed by atoms with E-state index >= 15 is 0 Å². The highest BCUT2D eigenvalue weighted by atomic mass is 19.1. The lowest BCUT2D eigenvalue weighted by atomic mass is 9.83. The average Bonchev–Trinajstić information content (AvgIpc) is 3.39. The van der Waals surface area contributed by atoms with Crippen LogP contribution in [0, 0.1) is 40.4 Å². The Morgan fingerprint density at radius 2 is 1.74 bits per heavy atom. The zero-order chi connectivity index (χ0) is 27.9. The standard InChI is InChI=1S/C28H31FN4O6/c1-38-21-11-17(13-30)20(39-18-4-6-28(29,7-5-18)26(36)37)12-19(21)24(34)32-23-16-3-2-15(10-16)22(23)25(35)33-27(14-31)8-9-27/h11-12,15-16,18,22-23H,2-10H2,1H3,(H,32,34)(H,33,35)(H,36,37)/t15-,16+,18?,22+,23-,28?/m1/s1. The molecule has 3 N–H and O–H groups in total. The van der Waals surface area contributed by atoms with Crippen LogP contribution in [0.15, 0.2) is 12.1 Å². The number of nitrogens with zero attached hydrogens (tertiary/aromatic N) is 2. The maximum atomic E-state index is 14.5. The summed E-state index contributed by atoms with van der Waals surface area (Å²) < 4.78 is 25.8. The molecule has 4 fully saturated rings. The summed E-state index contributed by atoms with van der Waals surface area (Å²) in [5.41, 5.74) is -2.83. The molecule has 39 heavy (non-hydrogen) atoms. The third-order valence-electron chi connectivity index (χ3n) is 8.91. The van der Waals surface area contributed by atoms with Gasteiger partial charge in [-0.25, -0.2) is 9.18 Å². The van der Waals surface area contributed by atoms with Crippen molar-refractivity contribution in [2.75, 3.05) is 7.11 Å². The first-order valence-corrected chi connectivity index (χ1v) is 13.4. The van der Waals surface area contributed by atoms with E-state index in [4.69, 9.17) is 14.6 Å². The van der Waals surface area contributed by atoms with Crippen LogP contribution in [0.3, 0.4) is 0 Å². The summed E-state index contributed by atoms with van der Waals surface area (Å²) in [7, 11) is 1.38. The molecule has 10 nitrogen and oxygen atoms in total. The molecule has 0 spiro atoms. The second-order valence-electron chi connectivity index (χ2n) is 11.3. The molecular formula is C28H31FN4O6. The number of methoxy groups -OCH3 is 1. The molecule has 4 atom stereocenters. The number of carboxylic acid groups (broad SMARTS) is 1. The second kappa shape index (κ2) is 10.0. The Bertz CT molecular complexity index is 1270. The molecule has 0 aromatic heterocycles. The first-order valence-electron chi connectivity index (χ1n) is 13.4. The summed E-state index contributed by atoms with van der Waals surface area (Å²) in [4.78, 5) is 38.0. The molecule has 1 aromatic rings. The number of ether oxygens (including phenoxy) is 2. The molecule has 0 unspecified atom stereocenters. The molecule has 4 aliphatic rings. The monoisotopic (exact) mass is 538 g/mol. The third-order valence-corrected chi connectivity index (χ3v) is 8.91. The first-order chi connectivity index (χ1) is 18.6. The fraction of sp³-hybridized carbons (Fsp3) is 0.607. The number of alkyl halides is 1. The molecule has 4 saturated carbocycles. The molecule has 206 valence electrons. The summed E-state index contributed by atoms with van der Waals surface area (Å²) in [5.74, 6) is -2.03. The molecule has 0 heterocycles. The van der Waals surface area contributed by atoms with Crippen molar-refractivity contribution in [1.82, 2.24) is 10.6 Å². The van der Waals surface area contributed by atoms with Gasteiger partial charge in [0.1, 0.15) is 23.1 Å². The molecule has 2 bridgehead atoms. The van der Waals surface area contributed by atoms with Crippen LogP contribution in [0.2, 0.25) is 0 Å². The van der Waals surface area contributed by atoms with Crippen LogP contribution in [0.5, 0.6) is 11.5 Å². The van der Waals surface area contributed by atoms with Gasteiger partial charge < -0.3 is 25.2 Å². The number of carbonyl (C=O) groups excluding carboxylic acids is 2. The number of carbonyl (C=O) groups is 3. The third kappa shape index (κ3) is 4.98. The lowest BCUT2D eigenvalue weighted by Gasteiger charge is -2.32. The number of halogens is 1. The number of amides is 2. The topological polar surface area (TPSA) is 162 Å². The van der Waals surface area contributed by atoms with Crippen LogP contribution < -0.4 is 20.1 Å². The summed E-state index contributed by atoms with van der Waals surface area (Å²) in [6.07, 6.45) is 3.24. The molecule has 0 aliphatic heterocycles. The fourth-order valence-corrected chi connectivity index (χ4v) is 6.47. The quantitative estimate of drug-likeness (QED) is 0.455. The smallest absolute Gasteiger partial charge is 0.341 e. The normalized spacial score (nSPS) is 31.8. The van der Waals surface area contributed by atoms with Gasteiger partial charge in [0.25, 0.3) is 5.91 Å². The van der Waals surface area contributed by atoms with Crippen molar-refractivity contribution in [3.8, 4) is 23.6 Å². The second-order valence-corrected chi connectivity index (χ2v) is 11.3. The largest absolute Gasteiger partial charge is 0.496 e. The molecule has 4 aliphatic carbocycles. The Labute approximate surface area is 225 Å². The van der Waals surface area contributed by atoms with Crippen LogP contribution in [-0.4, -0.2) is 53.4 Å².